The van der Waals surface area contributed by atoms with Crippen LogP contribution in [0.4, 0.5) is 10.1 Å². The lowest BCUT2D eigenvalue weighted by Crippen LogP contribution is -2.12. The summed E-state index contributed by atoms with van der Waals surface area (Å²) >= 11 is 0. The fourth-order valence-corrected chi connectivity index (χ4v) is 1.89. The molecule has 106 valence electrons. The van der Waals surface area contributed by atoms with Crippen molar-refractivity contribution in [2.45, 2.75) is 6.92 Å². The Hall–Kier alpha value is -2.64. The number of nitrogens with two attached hydrogens (primary N) is 1. The number of hydrogen-bond acceptors (Lipinski definition) is 2. The third-order valence-corrected chi connectivity index (χ3v) is 2.78. The van der Waals surface area contributed by atoms with Crippen LogP contribution in [0.2, 0.25) is 0 Å². The fourth-order valence-electron chi connectivity index (χ4n) is 1.89. The topological polar surface area (TPSA) is 55.1 Å². The number of halogens is 1. The molecule has 21 heavy (non-hydrogen) atoms. The second kappa shape index (κ2) is 6.69. The van der Waals surface area contributed by atoms with E-state index in [2.05, 4.69) is 17.2 Å². The van der Waals surface area contributed by atoms with E-state index in [0.29, 0.717) is 11.3 Å². The van der Waals surface area contributed by atoms with Gasteiger partial charge in [0.2, 0.25) is 0 Å². The van der Waals surface area contributed by atoms with Gasteiger partial charge in [-0.05, 0) is 55.0 Å². The summed E-state index contributed by atoms with van der Waals surface area (Å²) in [4.78, 5) is 12.1. The number of aryl methyl sites for hydroxylation is 1. The molecule has 0 bridgehead atoms. The zero-order valence-electron chi connectivity index (χ0n) is 11.6. The van der Waals surface area contributed by atoms with Crippen LogP contribution in [-0.4, -0.2) is 12.5 Å². The van der Waals surface area contributed by atoms with E-state index in [1.807, 2.05) is 19.1 Å². The van der Waals surface area contributed by atoms with Gasteiger partial charge in [0.05, 0.1) is 6.54 Å². The third kappa shape index (κ3) is 4.16. The molecule has 0 unspecified atom stereocenters. The second-order valence-electron chi connectivity index (χ2n) is 4.55. The molecule has 3 nitrogen and oxygen atoms in total. The lowest BCUT2D eigenvalue weighted by atomic mass is 10.1. The highest BCUT2D eigenvalue weighted by molar-refractivity contribution is 6.04. The van der Waals surface area contributed by atoms with Gasteiger partial charge in [-0.2, -0.15) is 0 Å². The van der Waals surface area contributed by atoms with Crippen molar-refractivity contribution in [3.63, 3.8) is 0 Å². The van der Waals surface area contributed by atoms with E-state index in [4.69, 9.17) is 5.73 Å². The summed E-state index contributed by atoms with van der Waals surface area (Å²) in [5.74, 6) is 5.04. The Morgan fingerprint density at radius 3 is 2.62 bits per heavy atom. The summed E-state index contributed by atoms with van der Waals surface area (Å²) in [6.45, 7) is 2.20. The molecule has 0 atom stereocenters. The number of nitrogens with one attached hydrogen (secondary N) is 1. The van der Waals surface area contributed by atoms with E-state index in [1.165, 1.54) is 24.3 Å². The molecule has 0 aliphatic carbocycles. The predicted octanol–water partition coefficient (Wildman–Crippen LogP) is 2.70. The minimum atomic E-state index is -0.374. The second-order valence-corrected chi connectivity index (χ2v) is 4.55. The molecule has 0 spiro atoms. The van der Waals surface area contributed by atoms with Crippen LogP contribution in [0.1, 0.15) is 21.5 Å². The van der Waals surface area contributed by atoms with Gasteiger partial charge in [0.1, 0.15) is 5.82 Å². The van der Waals surface area contributed by atoms with Gasteiger partial charge in [-0.15, -0.1) is 0 Å². The zero-order valence-corrected chi connectivity index (χ0v) is 11.6. The molecule has 0 fully saturated rings. The molecule has 2 rings (SSSR count). The maximum atomic E-state index is 12.8. The molecule has 2 aromatic rings. The molecule has 0 aliphatic heterocycles. The van der Waals surface area contributed by atoms with Gasteiger partial charge in [-0.1, -0.05) is 11.8 Å². The number of rotatable bonds is 2. The highest BCUT2D eigenvalue weighted by Crippen LogP contribution is 2.15. The van der Waals surface area contributed by atoms with Crippen molar-refractivity contribution in [1.82, 2.24) is 0 Å². The molecule has 0 heterocycles. The van der Waals surface area contributed by atoms with E-state index in [-0.39, 0.29) is 18.3 Å². The van der Waals surface area contributed by atoms with Gasteiger partial charge in [-0.3, -0.25) is 4.79 Å². The average Bonchev–Trinajstić information content (AvgIpc) is 2.45. The van der Waals surface area contributed by atoms with E-state index in [1.54, 1.807) is 6.07 Å². The summed E-state index contributed by atoms with van der Waals surface area (Å²) in [7, 11) is 0. The van der Waals surface area contributed by atoms with Gasteiger partial charge >= 0.3 is 0 Å². The Labute approximate surface area is 123 Å². The number of amides is 1. The Balaban J connectivity index is 2.20. The molecule has 4 heteroatoms. The molecule has 0 aromatic heterocycles. The first-order chi connectivity index (χ1) is 10.1. The molecular formula is C17H15FN2O. The Bertz CT molecular complexity index is 712. The van der Waals surface area contributed by atoms with Crippen molar-refractivity contribution in [3.8, 4) is 11.8 Å². The van der Waals surface area contributed by atoms with Crippen LogP contribution in [0.25, 0.3) is 0 Å². The van der Waals surface area contributed by atoms with Crippen LogP contribution in [0, 0.1) is 24.6 Å². The summed E-state index contributed by atoms with van der Waals surface area (Å²) in [6.07, 6.45) is 0. The Morgan fingerprint density at radius 2 is 1.95 bits per heavy atom. The van der Waals surface area contributed by atoms with E-state index >= 15 is 0 Å². The lowest BCUT2D eigenvalue weighted by Gasteiger charge is -2.07. The van der Waals surface area contributed by atoms with Gasteiger partial charge in [0.15, 0.2) is 0 Å². The molecule has 0 saturated carbocycles. The molecule has 0 saturated heterocycles. The van der Waals surface area contributed by atoms with Gasteiger partial charge in [0.25, 0.3) is 5.91 Å². The van der Waals surface area contributed by atoms with Crippen molar-refractivity contribution in [2.75, 3.05) is 11.9 Å². The quantitative estimate of drug-likeness (QED) is 0.832. The highest BCUT2D eigenvalue weighted by Gasteiger charge is 2.07. The normalized spacial score (nSPS) is 9.67. The molecule has 0 aliphatic rings. The summed E-state index contributed by atoms with van der Waals surface area (Å²) in [5, 5.41) is 2.77. The maximum absolute atomic E-state index is 12.8. The van der Waals surface area contributed by atoms with Gasteiger partial charge in [0, 0.05) is 16.8 Å². The minimum Gasteiger partial charge on any atom is -0.322 e. The average molecular weight is 282 g/mol. The highest BCUT2D eigenvalue weighted by atomic mass is 19.1. The van der Waals surface area contributed by atoms with Crippen LogP contribution < -0.4 is 11.1 Å². The monoisotopic (exact) mass is 282 g/mol. The van der Waals surface area contributed by atoms with Gasteiger partial charge < -0.3 is 11.1 Å². The Morgan fingerprint density at radius 1 is 1.24 bits per heavy atom. The van der Waals surface area contributed by atoms with Crippen LogP contribution in [0.5, 0.6) is 0 Å². The summed E-state index contributed by atoms with van der Waals surface area (Å²) < 4.78 is 12.8. The molecule has 3 N–H and O–H groups in total. The number of carbonyl (C=O) groups excluding carboxylic acids is 1. The van der Waals surface area contributed by atoms with Crippen LogP contribution in [0.3, 0.4) is 0 Å². The number of hydrogen-bond donors (Lipinski definition) is 2. The van der Waals surface area contributed by atoms with Crippen molar-refractivity contribution in [1.29, 1.82) is 0 Å². The predicted molar refractivity (Wildman–Crippen MR) is 81.5 cm³/mol. The van der Waals surface area contributed by atoms with Crippen LogP contribution in [-0.2, 0) is 0 Å². The molecule has 0 radical (unpaired) electrons. The molecule has 1 amide bonds. The smallest absolute Gasteiger partial charge is 0.255 e. The summed E-state index contributed by atoms with van der Waals surface area (Å²) in [6, 6.07) is 10.9. The SMILES string of the molecule is Cc1cc(C#CCN)cc(NC(=O)c2ccc(F)cc2)c1. The first-order valence-electron chi connectivity index (χ1n) is 6.46. The van der Waals surface area contributed by atoms with Crippen molar-refractivity contribution in [3.05, 3.63) is 65.0 Å². The van der Waals surface area contributed by atoms with Crippen molar-refractivity contribution in [2.24, 2.45) is 5.73 Å². The van der Waals surface area contributed by atoms with Crippen molar-refractivity contribution < 1.29 is 9.18 Å². The van der Waals surface area contributed by atoms with E-state index in [9.17, 15) is 9.18 Å². The molecule has 2 aromatic carbocycles. The van der Waals surface area contributed by atoms with Crippen LogP contribution in [0.15, 0.2) is 42.5 Å². The zero-order chi connectivity index (χ0) is 15.2. The first-order valence-corrected chi connectivity index (χ1v) is 6.46. The standard InChI is InChI=1S/C17H15FN2O/c1-12-9-13(3-2-8-19)11-16(10-12)20-17(21)14-4-6-15(18)7-5-14/h4-7,9-11H,8,19H2,1H3,(H,20,21). The fraction of sp³-hybridized carbons (Fsp3) is 0.118. The van der Waals surface area contributed by atoms with E-state index < -0.39 is 0 Å². The maximum Gasteiger partial charge on any atom is 0.255 e. The van der Waals surface area contributed by atoms with Gasteiger partial charge in [-0.25, -0.2) is 4.39 Å². The number of benzene rings is 2. The Kier molecular flexibility index (Phi) is 4.70. The van der Waals surface area contributed by atoms with Crippen LogP contribution >= 0.6 is 0 Å². The summed E-state index contributed by atoms with van der Waals surface area (Å²) in [5.41, 5.74) is 8.15. The lowest BCUT2D eigenvalue weighted by molar-refractivity contribution is 0.102. The number of carbonyl (C=O) groups is 1. The largest absolute Gasteiger partial charge is 0.322 e. The third-order valence-electron chi connectivity index (χ3n) is 2.78. The minimum absolute atomic E-state index is 0.283. The van der Waals surface area contributed by atoms with E-state index in [0.717, 1.165) is 11.1 Å². The molecular weight excluding hydrogens is 267 g/mol. The number of anilines is 1. The first kappa shape index (κ1) is 14.8. The van der Waals surface area contributed by atoms with Crippen molar-refractivity contribution >= 4 is 11.6 Å².